The number of pyridine rings is 1. The van der Waals surface area contributed by atoms with E-state index in [0.717, 1.165) is 34.4 Å². The minimum Gasteiger partial charge on any atom is -0.454 e. The predicted molar refractivity (Wildman–Crippen MR) is 142 cm³/mol. The maximum Gasteiger partial charge on any atom is 0.249 e. The van der Waals surface area contributed by atoms with Crippen LogP contribution in [0.25, 0.3) is 11.0 Å². The van der Waals surface area contributed by atoms with E-state index in [0.29, 0.717) is 23.6 Å². The zero-order valence-electron chi connectivity index (χ0n) is 21.2. The molecule has 0 radical (unpaired) electrons. The third-order valence-electron chi connectivity index (χ3n) is 6.85. The maximum absolute atomic E-state index is 13.7. The zero-order valence-corrected chi connectivity index (χ0v) is 21.2. The van der Waals surface area contributed by atoms with Crippen LogP contribution in [0.1, 0.15) is 23.7 Å². The number of fused-ring (bicyclic) bond motifs is 2. The lowest BCUT2D eigenvalue weighted by Crippen LogP contribution is -2.49. The first-order chi connectivity index (χ1) is 18.0. The Morgan fingerprint density at radius 2 is 1.86 bits per heavy atom. The number of likely N-dealkylation sites (N-methyl/N-ethyl adjacent to an activating group) is 1. The van der Waals surface area contributed by atoms with Crippen molar-refractivity contribution in [1.29, 1.82) is 0 Å². The second kappa shape index (κ2) is 10.3. The van der Waals surface area contributed by atoms with Crippen LogP contribution in [0.4, 0.5) is 5.69 Å². The second-order valence-corrected chi connectivity index (χ2v) is 9.10. The smallest absolute Gasteiger partial charge is 0.249 e. The molecule has 2 aromatic heterocycles. The van der Waals surface area contributed by atoms with Gasteiger partial charge in [-0.1, -0.05) is 30.3 Å². The molecule has 3 heterocycles. The molecule has 8 heteroatoms. The van der Waals surface area contributed by atoms with Gasteiger partial charge in [-0.25, -0.2) is 4.98 Å². The summed E-state index contributed by atoms with van der Waals surface area (Å²) in [6.07, 6.45) is 2.29. The minimum absolute atomic E-state index is 0.159. The number of nitrogens with zero attached hydrogens (tertiary/aromatic N) is 3. The maximum atomic E-state index is 13.7. The summed E-state index contributed by atoms with van der Waals surface area (Å²) in [7, 11) is 1.70. The predicted octanol–water partition coefficient (Wildman–Crippen LogP) is 4.03. The number of ether oxygens (including phenoxy) is 2. The molecule has 0 aliphatic carbocycles. The summed E-state index contributed by atoms with van der Waals surface area (Å²) in [6, 6.07) is 18.2. The molecule has 5 rings (SSSR count). The standard InChI is InChI=1S/C29H30N4O4/c1-4-33-19(2)23(22-11-8-14-30-28(22)33)17-27(34)31-24(15-20-9-6-5-7-10-20)29(35)32(3)21-12-13-25-26(16-21)37-18-36-25/h5-14,16,24H,4,15,17-18H2,1-3H3,(H,31,34)/t24-/m0/s1. The molecule has 1 atom stereocenters. The number of rotatable bonds is 8. The number of hydrogen-bond acceptors (Lipinski definition) is 5. The first-order valence-corrected chi connectivity index (χ1v) is 12.4. The Bertz CT molecular complexity index is 1450. The Morgan fingerprint density at radius 3 is 2.65 bits per heavy atom. The highest BCUT2D eigenvalue weighted by atomic mass is 16.7. The molecule has 4 aromatic rings. The molecule has 2 amide bonds. The van der Waals surface area contributed by atoms with Crippen molar-refractivity contribution in [2.24, 2.45) is 0 Å². The van der Waals surface area contributed by atoms with E-state index in [9.17, 15) is 9.59 Å². The Labute approximate surface area is 215 Å². The quantitative estimate of drug-likeness (QED) is 0.397. The number of hydrogen-bond donors (Lipinski definition) is 1. The Balaban J connectivity index is 1.40. The van der Waals surface area contributed by atoms with Gasteiger partial charge in [0.1, 0.15) is 11.7 Å². The van der Waals surface area contributed by atoms with Gasteiger partial charge in [-0.15, -0.1) is 0 Å². The van der Waals surface area contributed by atoms with Crippen LogP contribution in [0.3, 0.4) is 0 Å². The Hall–Kier alpha value is -4.33. The highest BCUT2D eigenvalue weighted by Crippen LogP contribution is 2.35. The largest absolute Gasteiger partial charge is 0.454 e. The topological polar surface area (TPSA) is 85.7 Å². The number of anilines is 1. The van der Waals surface area contributed by atoms with Crippen LogP contribution in [0.5, 0.6) is 11.5 Å². The van der Waals surface area contributed by atoms with Crippen LogP contribution in [0.2, 0.25) is 0 Å². The Kier molecular flexibility index (Phi) is 6.81. The number of benzene rings is 2. The fraction of sp³-hybridized carbons (Fsp3) is 0.276. The highest BCUT2D eigenvalue weighted by Gasteiger charge is 2.27. The molecule has 1 aliphatic heterocycles. The molecule has 0 unspecified atom stereocenters. The van der Waals surface area contributed by atoms with E-state index in [4.69, 9.17) is 9.47 Å². The number of amides is 2. The van der Waals surface area contributed by atoms with Crippen molar-refractivity contribution < 1.29 is 19.1 Å². The van der Waals surface area contributed by atoms with E-state index in [1.165, 1.54) is 0 Å². The van der Waals surface area contributed by atoms with Crippen LogP contribution < -0.4 is 19.7 Å². The van der Waals surface area contributed by atoms with Crippen LogP contribution in [0.15, 0.2) is 66.9 Å². The van der Waals surface area contributed by atoms with Crippen molar-refractivity contribution in [1.82, 2.24) is 14.9 Å². The third-order valence-corrected chi connectivity index (χ3v) is 6.85. The van der Waals surface area contributed by atoms with Gasteiger partial charge in [0.15, 0.2) is 11.5 Å². The molecule has 0 bridgehead atoms. The molecule has 1 N–H and O–H groups in total. The molecule has 1 aliphatic rings. The number of aromatic nitrogens is 2. The summed E-state index contributed by atoms with van der Waals surface area (Å²) in [6.45, 7) is 4.99. The SMILES string of the molecule is CCn1c(C)c(CC(=O)N[C@@H](Cc2ccccc2)C(=O)N(C)c2ccc3c(c2)OCO3)c2cccnc21. The van der Waals surface area contributed by atoms with Crippen molar-refractivity contribution >= 4 is 28.5 Å². The molecule has 2 aromatic carbocycles. The summed E-state index contributed by atoms with van der Waals surface area (Å²) in [5.41, 5.74) is 4.43. The molecule has 190 valence electrons. The Morgan fingerprint density at radius 1 is 1.08 bits per heavy atom. The van der Waals surface area contributed by atoms with Gasteiger partial charge in [0.25, 0.3) is 0 Å². The van der Waals surface area contributed by atoms with Gasteiger partial charge in [-0.3, -0.25) is 9.59 Å². The fourth-order valence-electron chi connectivity index (χ4n) is 4.88. The average Bonchev–Trinajstić information content (AvgIpc) is 3.49. The third kappa shape index (κ3) is 4.87. The van der Waals surface area contributed by atoms with Gasteiger partial charge in [-0.2, -0.15) is 0 Å². The molecular weight excluding hydrogens is 468 g/mol. The van der Waals surface area contributed by atoms with Crippen LogP contribution in [-0.2, 0) is 29.0 Å². The lowest BCUT2D eigenvalue weighted by Gasteiger charge is -2.25. The van der Waals surface area contributed by atoms with Gasteiger partial charge >= 0.3 is 0 Å². The zero-order chi connectivity index (χ0) is 25.9. The van der Waals surface area contributed by atoms with E-state index < -0.39 is 6.04 Å². The second-order valence-electron chi connectivity index (χ2n) is 9.10. The lowest BCUT2D eigenvalue weighted by molar-refractivity contribution is -0.127. The first kappa shape index (κ1) is 24.4. The average molecular weight is 499 g/mol. The summed E-state index contributed by atoms with van der Waals surface area (Å²) < 4.78 is 13.0. The van der Waals surface area contributed by atoms with Crippen molar-refractivity contribution in [2.45, 2.75) is 39.3 Å². The number of aryl methyl sites for hydroxylation is 1. The van der Waals surface area contributed by atoms with Gasteiger partial charge in [0.05, 0.1) is 6.42 Å². The molecule has 0 saturated heterocycles. The van der Waals surface area contributed by atoms with Crippen LogP contribution in [-0.4, -0.2) is 41.2 Å². The van der Waals surface area contributed by atoms with Crippen LogP contribution >= 0.6 is 0 Å². The number of carbonyl (C=O) groups is 2. The van der Waals surface area contributed by atoms with E-state index >= 15 is 0 Å². The first-order valence-electron chi connectivity index (χ1n) is 12.4. The molecule has 0 fully saturated rings. The molecular formula is C29H30N4O4. The molecule has 37 heavy (non-hydrogen) atoms. The van der Waals surface area contributed by atoms with Crippen molar-refractivity contribution in [2.75, 3.05) is 18.7 Å². The number of nitrogens with one attached hydrogen (secondary N) is 1. The molecule has 8 nitrogen and oxygen atoms in total. The fourth-order valence-corrected chi connectivity index (χ4v) is 4.88. The summed E-state index contributed by atoms with van der Waals surface area (Å²) in [5.74, 6) is 0.813. The van der Waals surface area contributed by atoms with Crippen molar-refractivity contribution in [3.8, 4) is 11.5 Å². The van der Waals surface area contributed by atoms with Gasteiger partial charge in [0, 0.05) is 49.0 Å². The monoisotopic (exact) mass is 498 g/mol. The van der Waals surface area contributed by atoms with E-state index in [-0.39, 0.29) is 25.0 Å². The van der Waals surface area contributed by atoms with Crippen LogP contribution in [0, 0.1) is 6.92 Å². The lowest BCUT2D eigenvalue weighted by atomic mass is 10.0. The molecule has 0 spiro atoms. The summed E-state index contributed by atoms with van der Waals surface area (Å²) in [5, 5.41) is 3.98. The van der Waals surface area contributed by atoms with Crippen molar-refractivity contribution in [3.63, 3.8) is 0 Å². The summed E-state index contributed by atoms with van der Waals surface area (Å²) >= 11 is 0. The normalized spacial score (nSPS) is 12.9. The van der Waals surface area contributed by atoms with E-state index in [2.05, 4.69) is 21.8 Å². The minimum atomic E-state index is -0.747. The highest BCUT2D eigenvalue weighted by molar-refractivity contribution is 6.00. The number of carbonyl (C=O) groups excluding carboxylic acids is 2. The van der Waals surface area contributed by atoms with Crippen molar-refractivity contribution in [3.05, 3.63) is 83.7 Å². The summed E-state index contributed by atoms with van der Waals surface area (Å²) in [4.78, 5) is 33.1. The van der Waals surface area contributed by atoms with Gasteiger partial charge in [-0.05, 0) is 49.2 Å². The van der Waals surface area contributed by atoms with Gasteiger partial charge < -0.3 is 24.3 Å². The molecule has 0 saturated carbocycles. The van der Waals surface area contributed by atoms with Gasteiger partial charge in [0.2, 0.25) is 18.6 Å². The van der Waals surface area contributed by atoms with E-state index in [1.54, 1.807) is 30.3 Å². The van der Waals surface area contributed by atoms with E-state index in [1.807, 2.05) is 55.5 Å².